The van der Waals surface area contributed by atoms with E-state index in [0.29, 0.717) is 17.0 Å². The van der Waals surface area contributed by atoms with Gasteiger partial charge in [-0.2, -0.15) is 0 Å². The second-order valence-electron chi connectivity index (χ2n) is 4.69. The van der Waals surface area contributed by atoms with Crippen LogP contribution in [0, 0.1) is 5.82 Å². The molecule has 1 atom stereocenters. The summed E-state index contributed by atoms with van der Waals surface area (Å²) in [6.45, 7) is 3.70. The van der Waals surface area contributed by atoms with Crippen molar-refractivity contribution in [3.8, 4) is 0 Å². The Hall–Kier alpha value is -0.900. The fourth-order valence-corrected chi connectivity index (χ4v) is 2.31. The maximum atomic E-state index is 13.7. The maximum Gasteiger partial charge on any atom is 0.127 e. The molecule has 19 heavy (non-hydrogen) atoms. The van der Waals surface area contributed by atoms with Crippen LogP contribution in [0.4, 0.5) is 4.39 Å². The van der Waals surface area contributed by atoms with E-state index in [1.54, 1.807) is 12.1 Å². The molecule has 1 aromatic carbocycles. The van der Waals surface area contributed by atoms with E-state index in [-0.39, 0.29) is 11.9 Å². The molecule has 106 valence electrons. The number of nitrogens with one attached hydrogen (secondary N) is 1. The lowest BCUT2D eigenvalue weighted by Crippen LogP contribution is -2.37. The van der Waals surface area contributed by atoms with Crippen LogP contribution in [0.1, 0.15) is 37.7 Å². The Balaban J connectivity index is 2.45. The highest BCUT2D eigenvalue weighted by Crippen LogP contribution is 2.21. The number of allylic oxidation sites excluding steroid dienone is 1. The summed E-state index contributed by atoms with van der Waals surface area (Å²) in [6.07, 6.45) is 7.74. The van der Waals surface area contributed by atoms with Gasteiger partial charge in [0.15, 0.2) is 0 Å². The molecule has 0 fully saturated rings. The first-order chi connectivity index (χ1) is 9.19. The Kier molecular flexibility index (Phi) is 7.72. The highest BCUT2D eigenvalue weighted by atomic mass is 35.5. The molecule has 0 aliphatic heterocycles. The van der Waals surface area contributed by atoms with Gasteiger partial charge in [-0.3, -0.25) is 11.3 Å². The summed E-state index contributed by atoms with van der Waals surface area (Å²) < 4.78 is 13.7. The summed E-state index contributed by atoms with van der Waals surface area (Å²) in [5.41, 5.74) is 3.29. The largest absolute Gasteiger partial charge is 0.271 e. The van der Waals surface area contributed by atoms with Crippen LogP contribution >= 0.6 is 11.6 Å². The van der Waals surface area contributed by atoms with E-state index in [2.05, 4.69) is 12.0 Å². The van der Waals surface area contributed by atoms with Gasteiger partial charge in [0, 0.05) is 16.6 Å². The van der Waals surface area contributed by atoms with Crippen LogP contribution in [0.3, 0.4) is 0 Å². The molecule has 0 bridgehead atoms. The number of hydrogen-bond acceptors (Lipinski definition) is 2. The Morgan fingerprint density at radius 3 is 2.79 bits per heavy atom. The molecule has 0 spiro atoms. The van der Waals surface area contributed by atoms with E-state index in [0.717, 1.165) is 32.1 Å². The predicted octanol–water partition coefficient (Wildman–Crippen LogP) is 3.99. The number of unbranched alkanes of at least 4 members (excludes halogenated alkanes) is 3. The van der Waals surface area contributed by atoms with Crippen LogP contribution < -0.4 is 11.3 Å². The molecule has 0 aromatic heterocycles. The SMILES string of the molecule is C=CCCCCCC(Cc1c(F)cccc1Cl)NN. The van der Waals surface area contributed by atoms with Crippen molar-refractivity contribution in [2.75, 3.05) is 0 Å². The molecule has 4 heteroatoms. The molecule has 1 rings (SSSR count). The average Bonchev–Trinajstić information content (AvgIpc) is 2.40. The van der Waals surface area contributed by atoms with Crippen LogP contribution in [-0.2, 0) is 6.42 Å². The summed E-state index contributed by atoms with van der Waals surface area (Å²) in [5, 5.41) is 0.465. The third-order valence-electron chi connectivity index (χ3n) is 3.21. The molecule has 0 heterocycles. The fraction of sp³-hybridized carbons (Fsp3) is 0.467. The van der Waals surface area contributed by atoms with Gasteiger partial charge in [-0.05, 0) is 37.8 Å². The van der Waals surface area contributed by atoms with Gasteiger partial charge in [0.25, 0.3) is 0 Å². The Morgan fingerprint density at radius 1 is 1.37 bits per heavy atom. The van der Waals surface area contributed by atoms with Crippen LogP contribution in [-0.4, -0.2) is 6.04 Å². The van der Waals surface area contributed by atoms with Gasteiger partial charge in [-0.1, -0.05) is 36.6 Å². The van der Waals surface area contributed by atoms with Crippen molar-refractivity contribution < 1.29 is 4.39 Å². The maximum absolute atomic E-state index is 13.7. The zero-order valence-corrected chi connectivity index (χ0v) is 11.9. The second kappa shape index (κ2) is 9.08. The number of rotatable bonds is 9. The van der Waals surface area contributed by atoms with Crippen LogP contribution in [0.5, 0.6) is 0 Å². The quantitative estimate of drug-likeness (QED) is 0.311. The molecule has 1 unspecified atom stereocenters. The van der Waals surface area contributed by atoms with Gasteiger partial charge in [0.1, 0.15) is 5.82 Å². The van der Waals surface area contributed by atoms with Crippen molar-refractivity contribution in [1.82, 2.24) is 5.43 Å². The van der Waals surface area contributed by atoms with E-state index < -0.39 is 0 Å². The summed E-state index contributed by atoms with van der Waals surface area (Å²) in [5.74, 6) is 5.27. The minimum Gasteiger partial charge on any atom is -0.271 e. The van der Waals surface area contributed by atoms with E-state index in [9.17, 15) is 4.39 Å². The summed E-state index contributed by atoms with van der Waals surface area (Å²) in [6, 6.07) is 4.80. The average molecular weight is 285 g/mol. The first-order valence-electron chi connectivity index (χ1n) is 6.69. The van der Waals surface area contributed by atoms with Gasteiger partial charge in [0.05, 0.1) is 0 Å². The lowest BCUT2D eigenvalue weighted by atomic mass is 10.00. The van der Waals surface area contributed by atoms with Gasteiger partial charge in [-0.15, -0.1) is 6.58 Å². The third-order valence-corrected chi connectivity index (χ3v) is 3.56. The number of hydrazine groups is 1. The first-order valence-corrected chi connectivity index (χ1v) is 7.06. The van der Waals surface area contributed by atoms with Crippen LogP contribution in [0.15, 0.2) is 30.9 Å². The molecule has 0 aliphatic carbocycles. The Labute approximate surface area is 119 Å². The fourth-order valence-electron chi connectivity index (χ4n) is 2.07. The number of nitrogens with two attached hydrogens (primary N) is 1. The molecule has 3 N–H and O–H groups in total. The molecular weight excluding hydrogens is 263 g/mol. The van der Waals surface area contributed by atoms with E-state index >= 15 is 0 Å². The molecule has 0 radical (unpaired) electrons. The van der Waals surface area contributed by atoms with Crippen molar-refractivity contribution >= 4 is 11.6 Å². The van der Waals surface area contributed by atoms with Gasteiger partial charge in [0.2, 0.25) is 0 Å². The van der Waals surface area contributed by atoms with E-state index in [1.807, 2.05) is 6.08 Å². The zero-order valence-electron chi connectivity index (χ0n) is 11.2. The number of halogens is 2. The summed E-state index contributed by atoms with van der Waals surface area (Å²) in [4.78, 5) is 0. The second-order valence-corrected chi connectivity index (χ2v) is 5.10. The third kappa shape index (κ3) is 5.72. The predicted molar refractivity (Wildman–Crippen MR) is 79.5 cm³/mol. The lowest BCUT2D eigenvalue weighted by Gasteiger charge is -2.17. The van der Waals surface area contributed by atoms with Crippen molar-refractivity contribution in [3.63, 3.8) is 0 Å². The summed E-state index contributed by atoms with van der Waals surface area (Å²) in [7, 11) is 0. The minimum absolute atomic E-state index is 0.0538. The molecule has 1 aromatic rings. The normalized spacial score (nSPS) is 12.4. The van der Waals surface area contributed by atoms with Crippen molar-refractivity contribution in [1.29, 1.82) is 0 Å². The monoisotopic (exact) mass is 284 g/mol. The van der Waals surface area contributed by atoms with Crippen LogP contribution in [0.2, 0.25) is 5.02 Å². The molecule has 0 aliphatic rings. The van der Waals surface area contributed by atoms with Crippen molar-refractivity contribution in [3.05, 3.63) is 47.3 Å². The standard InChI is InChI=1S/C15H22ClFN2/c1-2-3-4-5-6-8-12(19-18)11-13-14(16)9-7-10-15(13)17/h2,7,9-10,12,19H,1,3-6,8,11,18H2. The zero-order chi connectivity index (χ0) is 14.1. The summed E-state index contributed by atoms with van der Waals surface area (Å²) >= 11 is 6.01. The first kappa shape index (κ1) is 16.2. The lowest BCUT2D eigenvalue weighted by molar-refractivity contribution is 0.456. The Bertz CT molecular complexity index is 375. The molecule has 0 saturated heterocycles. The highest BCUT2D eigenvalue weighted by molar-refractivity contribution is 6.31. The smallest absolute Gasteiger partial charge is 0.127 e. The molecular formula is C15H22ClFN2. The molecule has 0 amide bonds. The number of hydrogen-bond donors (Lipinski definition) is 2. The number of benzene rings is 1. The molecule has 2 nitrogen and oxygen atoms in total. The topological polar surface area (TPSA) is 38.0 Å². The molecule has 0 saturated carbocycles. The van der Waals surface area contributed by atoms with Crippen molar-refractivity contribution in [2.24, 2.45) is 5.84 Å². The minimum atomic E-state index is -0.264. The van der Waals surface area contributed by atoms with Crippen molar-refractivity contribution in [2.45, 2.75) is 44.6 Å². The van der Waals surface area contributed by atoms with Crippen LogP contribution in [0.25, 0.3) is 0 Å². The van der Waals surface area contributed by atoms with E-state index in [4.69, 9.17) is 17.4 Å². The van der Waals surface area contributed by atoms with Gasteiger partial charge < -0.3 is 0 Å². The van der Waals surface area contributed by atoms with Gasteiger partial charge in [-0.25, -0.2) is 4.39 Å². The van der Waals surface area contributed by atoms with Gasteiger partial charge >= 0.3 is 0 Å². The highest BCUT2D eigenvalue weighted by Gasteiger charge is 2.13. The van der Waals surface area contributed by atoms with E-state index in [1.165, 1.54) is 6.07 Å². The Morgan fingerprint density at radius 2 is 2.16 bits per heavy atom.